The quantitative estimate of drug-likeness (QED) is 0.281. The van der Waals surface area contributed by atoms with Gasteiger partial charge in [0.25, 0.3) is 17.1 Å². The van der Waals surface area contributed by atoms with Gasteiger partial charge in [0, 0.05) is 11.3 Å². The van der Waals surface area contributed by atoms with E-state index in [9.17, 15) is 18.8 Å². The van der Waals surface area contributed by atoms with E-state index >= 15 is 0 Å². The molecule has 0 saturated carbocycles. The first kappa shape index (κ1) is 27.4. The second kappa shape index (κ2) is 12.3. The standard InChI is InChI=1S/C28H24BrFN2O5S/c1-3-36-23-13-18(12-21(29)26(23)37-16-25(33)31-20-9-6-7-17(2)11-20)14-24-27(34)32(28(35)38-24)15-19-8-4-5-10-22(19)30/h4-14H,3,15-16H2,1-2H3,(H,31,33)/b24-14-. The van der Waals surface area contributed by atoms with Crippen molar-refractivity contribution in [2.45, 2.75) is 20.4 Å². The molecule has 0 atom stereocenters. The van der Waals surface area contributed by atoms with Gasteiger partial charge in [-0.1, -0.05) is 30.3 Å². The van der Waals surface area contributed by atoms with E-state index in [2.05, 4.69) is 21.2 Å². The fraction of sp³-hybridized carbons (Fsp3) is 0.179. The number of hydrogen-bond donors (Lipinski definition) is 1. The molecule has 0 radical (unpaired) electrons. The zero-order valence-electron chi connectivity index (χ0n) is 20.6. The maximum absolute atomic E-state index is 14.1. The van der Waals surface area contributed by atoms with Crippen LogP contribution in [0.4, 0.5) is 14.9 Å². The Morgan fingerprint density at radius 1 is 1.11 bits per heavy atom. The first-order valence-electron chi connectivity index (χ1n) is 11.7. The van der Waals surface area contributed by atoms with Gasteiger partial charge >= 0.3 is 0 Å². The topological polar surface area (TPSA) is 84.9 Å². The number of amides is 3. The number of hydrogen-bond acceptors (Lipinski definition) is 6. The number of nitrogens with one attached hydrogen (secondary N) is 1. The predicted octanol–water partition coefficient (Wildman–Crippen LogP) is 6.55. The molecule has 1 heterocycles. The van der Waals surface area contributed by atoms with Gasteiger partial charge in [0.2, 0.25) is 0 Å². The Labute approximate surface area is 232 Å². The minimum Gasteiger partial charge on any atom is -0.490 e. The number of ether oxygens (including phenoxy) is 2. The highest BCUT2D eigenvalue weighted by Gasteiger charge is 2.35. The third-order valence-corrected chi connectivity index (χ3v) is 6.94. The summed E-state index contributed by atoms with van der Waals surface area (Å²) < 4.78 is 26.0. The number of anilines is 1. The summed E-state index contributed by atoms with van der Waals surface area (Å²) in [6.45, 7) is 3.67. The zero-order valence-corrected chi connectivity index (χ0v) is 23.0. The zero-order chi connectivity index (χ0) is 27.2. The average molecular weight is 599 g/mol. The maximum atomic E-state index is 14.1. The van der Waals surface area contributed by atoms with E-state index in [-0.39, 0.29) is 29.5 Å². The third kappa shape index (κ3) is 6.62. The molecule has 7 nitrogen and oxygen atoms in total. The molecule has 196 valence electrons. The Hall–Kier alpha value is -3.63. The second-order valence-electron chi connectivity index (χ2n) is 8.33. The van der Waals surface area contributed by atoms with Crippen LogP contribution in [0.2, 0.25) is 0 Å². The summed E-state index contributed by atoms with van der Waals surface area (Å²) in [4.78, 5) is 39.1. The van der Waals surface area contributed by atoms with Crippen molar-refractivity contribution in [1.29, 1.82) is 0 Å². The first-order valence-corrected chi connectivity index (χ1v) is 13.3. The van der Waals surface area contributed by atoms with Crippen molar-refractivity contribution in [3.8, 4) is 11.5 Å². The monoisotopic (exact) mass is 598 g/mol. The van der Waals surface area contributed by atoms with Crippen molar-refractivity contribution in [2.75, 3.05) is 18.5 Å². The van der Waals surface area contributed by atoms with Gasteiger partial charge in [-0.2, -0.15) is 0 Å². The maximum Gasteiger partial charge on any atom is 0.293 e. The van der Waals surface area contributed by atoms with E-state index in [1.165, 1.54) is 12.1 Å². The molecule has 4 rings (SSSR count). The first-order chi connectivity index (χ1) is 18.2. The number of benzene rings is 3. The number of rotatable bonds is 9. The molecule has 0 unspecified atom stereocenters. The van der Waals surface area contributed by atoms with Crippen LogP contribution < -0.4 is 14.8 Å². The van der Waals surface area contributed by atoms with Crippen LogP contribution in [0, 0.1) is 12.7 Å². The summed E-state index contributed by atoms with van der Waals surface area (Å²) in [6, 6.07) is 16.8. The SMILES string of the molecule is CCOc1cc(/C=C2\SC(=O)N(Cc3ccccc3F)C2=O)cc(Br)c1OCC(=O)Nc1cccc(C)c1. The van der Waals surface area contributed by atoms with Gasteiger partial charge in [0.1, 0.15) is 5.82 Å². The molecular formula is C28H24BrFN2O5S. The molecule has 1 N–H and O–H groups in total. The van der Waals surface area contributed by atoms with Crippen LogP contribution >= 0.6 is 27.7 Å². The molecule has 1 aliphatic heterocycles. The molecular weight excluding hydrogens is 575 g/mol. The Kier molecular flexibility index (Phi) is 8.85. The molecule has 3 aromatic rings. The summed E-state index contributed by atoms with van der Waals surface area (Å²) in [5.74, 6) is -0.634. The van der Waals surface area contributed by atoms with Crippen LogP contribution in [0.1, 0.15) is 23.6 Å². The number of carbonyl (C=O) groups excluding carboxylic acids is 3. The molecule has 1 aliphatic rings. The van der Waals surface area contributed by atoms with Crippen molar-refractivity contribution < 1.29 is 28.2 Å². The van der Waals surface area contributed by atoms with E-state index in [1.807, 2.05) is 32.0 Å². The summed E-state index contributed by atoms with van der Waals surface area (Å²) >= 11 is 4.24. The molecule has 0 bridgehead atoms. The largest absolute Gasteiger partial charge is 0.490 e. The van der Waals surface area contributed by atoms with Gasteiger partial charge in [0.15, 0.2) is 18.1 Å². The Bertz CT molecular complexity index is 1430. The molecule has 1 fully saturated rings. The van der Waals surface area contributed by atoms with Gasteiger partial charge in [0.05, 0.1) is 22.5 Å². The van der Waals surface area contributed by atoms with Crippen molar-refractivity contribution in [2.24, 2.45) is 0 Å². The predicted molar refractivity (Wildman–Crippen MR) is 149 cm³/mol. The Morgan fingerprint density at radius 2 is 1.89 bits per heavy atom. The number of imide groups is 1. The normalized spacial score (nSPS) is 14.2. The van der Waals surface area contributed by atoms with E-state index in [0.717, 1.165) is 22.2 Å². The fourth-order valence-electron chi connectivity index (χ4n) is 3.72. The van der Waals surface area contributed by atoms with Crippen LogP contribution in [0.15, 0.2) is 70.0 Å². The lowest BCUT2D eigenvalue weighted by Crippen LogP contribution is -2.27. The van der Waals surface area contributed by atoms with Crippen LogP contribution in [-0.2, 0) is 16.1 Å². The fourth-order valence-corrected chi connectivity index (χ4v) is 5.13. The minimum atomic E-state index is -0.509. The number of aryl methyl sites for hydroxylation is 1. The number of halogens is 2. The highest BCUT2D eigenvalue weighted by molar-refractivity contribution is 9.10. The molecule has 0 spiro atoms. The molecule has 0 aliphatic carbocycles. The molecule has 38 heavy (non-hydrogen) atoms. The lowest BCUT2D eigenvalue weighted by molar-refractivity contribution is -0.123. The summed E-state index contributed by atoms with van der Waals surface area (Å²) in [6.07, 6.45) is 1.56. The summed E-state index contributed by atoms with van der Waals surface area (Å²) in [5, 5.41) is 2.31. The highest BCUT2D eigenvalue weighted by atomic mass is 79.9. The van der Waals surface area contributed by atoms with E-state index in [4.69, 9.17) is 9.47 Å². The van der Waals surface area contributed by atoms with Crippen LogP contribution in [0.25, 0.3) is 6.08 Å². The van der Waals surface area contributed by atoms with Crippen molar-refractivity contribution in [1.82, 2.24) is 4.90 Å². The third-order valence-electron chi connectivity index (χ3n) is 5.44. The molecule has 10 heteroatoms. The molecule has 3 aromatic carbocycles. The molecule has 1 saturated heterocycles. The van der Waals surface area contributed by atoms with Gasteiger partial charge in [-0.05, 0) is 89.1 Å². The van der Waals surface area contributed by atoms with Crippen LogP contribution in [-0.4, -0.2) is 35.2 Å². The lowest BCUT2D eigenvalue weighted by Gasteiger charge is -2.15. The minimum absolute atomic E-state index is 0.153. The van der Waals surface area contributed by atoms with E-state index in [0.29, 0.717) is 33.8 Å². The summed E-state index contributed by atoms with van der Waals surface area (Å²) in [7, 11) is 0. The van der Waals surface area contributed by atoms with Crippen molar-refractivity contribution in [3.05, 3.63) is 92.5 Å². The van der Waals surface area contributed by atoms with Gasteiger partial charge in [-0.25, -0.2) is 4.39 Å². The van der Waals surface area contributed by atoms with Gasteiger partial charge in [-0.3, -0.25) is 19.3 Å². The number of carbonyl (C=O) groups is 3. The van der Waals surface area contributed by atoms with Crippen LogP contribution in [0.3, 0.4) is 0 Å². The highest BCUT2D eigenvalue weighted by Crippen LogP contribution is 2.39. The average Bonchev–Trinajstić information content (AvgIpc) is 3.12. The Morgan fingerprint density at radius 3 is 2.63 bits per heavy atom. The molecule has 3 amide bonds. The molecule has 0 aromatic heterocycles. The number of thioether (sulfide) groups is 1. The van der Waals surface area contributed by atoms with Gasteiger partial charge < -0.3 is 14.8 Å². The van der Waals surface area contributed by atoms with Crippen LogP contribution in [0.5, 0.6) is 11.5 Å². The van der Waals surface area contributed by atoms with Crippen molar-refractivity contribution >= 4 is 56.5 Å². The second-order valence-corrected chi connectivity index (χ2v) is 10.2. The lowest BCUT2D eigenvalue weighted by atomic mass is 10.1. The number of nitrogens with zero attached hydrogens (tertiary/aromatic N) is 1. The van der Waals surface area contributed by atoms with Gasteiger partial charge in [-0.15, -0.1) is 0 Å². The van der Waals surface area contributed by atoms with Crippen molar-refractivity contribution in [3.63, 3.8) is 0 Å². The van der Waals surface area contributed by atoms with E-state index < -0.39 is 17.0 Å². The smallest absolute Gasteiger partial charge is 0.293 e. The Balaban J connectivity index is 1.50. The summed E-state index contributed by atoms with van der Waals surface area (Å²) in [5.41, 5.74) is 2.52. The van der Waals surface area contributed by atoms with E-state index in [1.54, 1.807) is 36.4 Å².